The van der Waals surface area contributed by atoms with Crippen molar-refractivity contribution < 1.29 is 43.4 Å². The standard InChI is InChI=1S/C41H76N8O9S/c1-14-16-33(50)46(11)32(25-59-22-15-17-49-18-20-58-21-19-49)39(55)48(13)31(24-41(8,9)57)38(54)45-34(27(4)5)40(56)47(12)30(23-26(2)3)37(53)44-29(7)36(52)43-28(6)35(51)42-10/h26-32,34,57H,14-25H2,1-13H3,(H,42,51)(H,43,52)(H,44,53)(H,45,54)/t28-,29-,30+,31+,32-,34+/m1/s1. The monoisotopic (exact) mass is 857 g/mol. The Bertz CT molecular complexity index is 1390. The molecular formula is C41H76N8O9S. The molecule has 1 aliphatic rings. The Morgan fingerprint density at radius 3 is 1.83 bits per heavy atom. The molecule has 0 bridgehead atoms. The van der Waals surface area contributed by atoms with Crippen LogP contribution in [0.2, 0.25) is 0 Å². The number of carbonyl (C=O) groups is 7. The molecular weight excluding hydrogens is 781 g/mol. The molecule has 0 spiro atoms. The molecule has 1 rings (SSSR count). The zero-order valence-corrected chi connectivity index (χ0v) is 38.8. The van der Waals surface area contributed by atoms with Gasteiger partial charge >= 0.3 is 0 Å². The van der Waals surface area contributed by atoms with E-state index in [0.29, 0.717) is 25.4 Å². The fourth-order valence-electron chi connectivity index (χ4n) is 6.61. The first-order valence-electron chi connectivity index (χ1n) is 21.0. The predicted octanol–water partition coefficient (Wildman–Crippen LogP) is 0.826. The van der Waals surface area contributed by atoms with E-state index in [-0.39, 0.29) is 31.1 Å². The fraction of sp³-hybridized carbons (Fsp3) is 0.829. The molecule has 5 N–H and O–H groups in total. The van der Waals surface area contributed by atoms with Crippen LogP contribution in [-0.2, 0) is 38.3 Å². The minimum atomic E-state index is -1.40. The molecule has 17 nitrogen and oxygen atoms in total. The summed E-state index contributed by atoms with van der Waals surface area (Å²) in [6.45, 7) is 19.3. The Kier molecular flexibility index (Phi) is 23.6. The van der Waals surface area contributed by atoms with Crippen LogP contribution in [0, 0.1) is 11.8 Å². The van der Waals surface area contributed by atoms with Crippen molar-refractivity contribution in [1.82, 2.24) is 40.9 Å². The Balaban J connectivity index is 3.33. The number of morpholine rings is 1. The van der Waals surface area contributed by atoms with Gasteiger partial charge in [0.05, 0.1) is 18.8 Å². The molecule has 0 aromatic heterocycles. The van der Waals surface area contributed by atoms with Crippen molar-refractivity contribution in [3.63, 3.8) is 0 Å². The highest BCUT2D eigenvalue weighted by molar-refractivity contribution is 7.99. The summed E-state index contributed by atoms with van der Waals surface area (Å²) >= 11 is 1.56. The smallest absolute Gasteiger partial charge is 0.246 e. The van der Waals surface area contributed by atoms with Crippen LogP contribution in [0.1, 0.15) is 94.4 Å². The lowest BCUT2D eigenvalue weighted by molar-refractivity contribution is -0.149. The van der Waals surface area contributed by atoms with E-state index >= 15 is 0 Å². The first-order chi connectivity index (χ1) is 27.5. The second kappa shape index (κ2) is 26.0. The van der Waals surface area contributed by atoms with Gasteiger partial charge in [0.2, 0.25) is 41.4 Å². The van der Waals surface area contributed by atoms with Gasteiger partial charge in [0, 0.05) is 59.9 Å². The van der Waals surface area contributed by atoms with Gasteiger partial charge in [-0.2, -0.15) is 11.8 Å². The number of thioether (sulfide) groups is 1. The van der Waals surface area contributed by atoms with Crippen molar-refractivity contribution in [2.45, 2.75) is 136 Å². The number of carbonyl (C=O) groups excluding carboxylic acids is 7. The Morgan fingerprint density at radius 1 is 0.763 bits per heavy atom. The third-order valence-corrected chi connectivity index (χ3v) is 11.5. The number of hydrogen-bond acceptors (Lipinski definition) is 11. The number of nitrogens with one attached hydrogen (secondary N) is 4. The molecule has 1 saturated heterocycles. The molecule has 6 atom stereocenters. The largest absolute Gasteiger partial charge is 0.390 e. The lowest BCUT2D eigenvalue weighted by Crippen LogP contribution is -2.61. The number of aliphatic hydroxyl groups is 1. The van der Waals surface area contributed by atoms with E-state index < -0.39 is 83.2 Å². The molecule has 59 heavy (non-hydrogen) atoms. The van der Waals surface area contributed by atoms with Gasteiger partial charge in [-0.15, -0.1) is 0 Å². The van der Waals surface area contributed by atoms with Crippen LogP contribution in [0.4, 0.5) is 0 Å². The maximum atomic E-state index is 14.4. The second-order valence-electron chi connectivity index (χ2n) is 17.0. The molecule has 0 unspecified atom stereocenters. The summed E-state index contributed by atoms with van der Waals surface area (Å²) in [6.07, 6.45) is 1.82. The zero-order valence-electron chi connectivity index (χ0n) is 38.0. The first kappa shape index (κ1) is 53.5. The van der Waals surface area contributed by atoms with Crippen LogP contribution < -0.4 is 21.3 Å². The molecule has 18 heteroatoms. The van der Waals surface area contributed by atoms with Crippen molar-refractivity contribution in [2.24, 2.45) is 11.8 Å². The maximum absolute atomic E-state index is 14.4. The number of hydrogen-bond donors (Lipinski definition) is 5. The third-order valence-electron chi connectivity index (χ3n) is 10.4. The van der Waals surface area contributed by atoms with Crippen molar-refractivity contribution in [1.29, 1.82) is 0 Å². The van der Waals surface area contributed by atoms with E-state index in [1.54, 1.807) is 32.7 Å². The highest BCUT2D eigenvalue weighted by Gasteiger charge is 2.40. The van der Waals surface area contributed by atoms with Gasteiger partial charge in [0.25, 0.3) is 0 Å². The molecule has 340 valence electrons. The normalized spacial score (nSPS) is 16.5. The lowest BCUT2D eigenvalue weighted by atomic mass is 9.95. The highest BCUT2D eigenvalue weighted by Crippen LogP contribution is 2.21. The van der Waals surface area contributed by atoms with E-state index in [4.69, 9.17) is 4.74 Å². The van der Waals surface area contributed by atoms with Gasteiger partial charge < -0.3 is 45.8 Å². The highest BCUT2D eigenvalue weighted by atomic mass is 32.2. The van der Waals surface area contributed by atoms with E-state index in [9.17, 15) is 38.7 Å². The molecule has 0 aliphatic carbocycles. The van der Waals surface area contributed by atoms with Crippen LogP contribution in [0.25, 0.3) is 0 Å². The Hall–Kier alpha value is -3.48. The summed E-state index contributed by atoms with van der Waals surface area (Å²) in [5.74, 6) is -2.91. The lowest BCUT2D eigenvalue weighted by Gasteiger charge is -2.38. The van der Waals surface area contributed by atoms with Gasteiger partial charge in [0.15, 0.2) is 0 Å². The molecule has 0 aromatic rings. The van der Waals surface area contributed by atoms with Gasteiger partial charge in [0.1, 0.15) is 36.3 Å². The predicted molar refractivity (Wildman–Crippen MR) is 230 cm³/mol. The Labute approximate surface area is 357 Å². The molecule has 0 aromatic carbocycles. The quantitative estimate of drug-likeness (QED) is 0.0813. The van der Waals surface area contributed by atoms with E-state index in [1.165, 1.54) is 63.5 Å². The summed E-state index contributed by atoms with van der Waals surface area (Å²) in [7, 11) is 5.98. The molecule has 0 radical (unpaired) electrons. The second-order valence-corrected chi connectivity index (χ2v) is 18.2. The average molecular weight is 857 g/mol. The molecule has 1 fully saturated rings. The summed E-state index contributed by atoms with van der Waals surface area (Å²) in [5, 5.41) is 21.5. The fourth-order valence-corrected chi connectivity index (χ4v) is 7.70. The molecule has 7 amide bonds. The van der Waals surface area contributed by atoms with Crippen molar-refractivity contribution in [3.8, 4) is 0 Å². The number of ether oxygens (including phenoxy) is 1. The number of rotatable bonds is 25. The topological polar surface area (TPSA) is 210 Å². The van der Waals surface area contributed by atoms with Gasteiger partial charge in [-0.25, -0.2) is 0 Å². The summed E-state index contributed by atoms with van der Waals surface area (Å²) in [4.78, 5) is 101. The number of nitrogens with zero attached hydrogens (tertiary/aromatic N) is 4. The zero-order chi connectivity index (χ0) is 45.2. The first-order valence-corrected chi connectivity index (χ1v) is 22.1. The van der Waals surface area contributed by atoms with E-state index in [2.05, 4.69) is 26.2 Å². The van der Waals surface area contributed by atoms with Crippen LogP contribution in [0.3, 0.4) is 0 Å². The van der Waals surface area contributed by atoms with Crippen molar-refractivity contribution >= 4 is 53.1 Å². The summed E-state index contributed by atoms with van der Waals surface area (Å²) in [5.41, 5.74) is -1.40. The van der Waals surface area contributed by atoms with Gasteiger partial charge in [-0.1, -0.05) is 34.6 Å². The summed E-state index contributed by atoms with van der Waals surface area (Å²) < 4.78 is 5.44. The van der Waals surface area contributed by atoms with Crippen LogP contribution in [0.5, 0.6) is 0 Å². The molecule has 0 saturated carbocycles. The number of likely N-dealkylation sites (N-methyl/N-ethyl adjacent to an activating group) is 4. The maximum Gasteiger partial charge on any atom is 0.246 e. The average Bonchev–Trinajstić information content (AvgIpc) is 3.17. The van der Waals surface area contributed by atoms with Crippen molar-refractivity contribution in [3.05, 3.63) is 0 Å². The SMILES string of the molecule is CCCC(=O)N(C)[C@H](CSCCCN1CCOCC1)C(=O)N(C)[C@@H](CC(C)(C)O)C(=O)N[C@H](C(=O)N(C)[C@@H](CC(C)C)C(=O)N[C@H](C)C(=O)N[C@H](C)C(=O)NC)C(C)C. The summed E-state index contributed by atoms with van der Waals surface area (Å²) in [6, 6.07) is -6.13. The van der Waals surface area contributed by atoms with E-state index in [1.807, 2.05) is 20.8 Å². The van der Waals surface area contributed by atoms with Crippen molar-refractivity contribution in [2.75, 3.05) is 72.5 Å². The van der Waals surface area contributed by atoms with Crippen LogP contribution >= 0.6 is 11.8 Å². The van der Waals surface area contributed by atoms with Crippen LogP contribution in [-0.4, -0.2) is 180 Å². The minimum Gasteiger partial charge on any atom is -0.390 e. The molecule has 1 aliphatic heterocycles. The van der Waals surface area contributed by atoms with Gasteiger partial charge in [-0.05, 0) is 71.1 Å². The minimum absolute atomic E-state index is 0.0421. The van der Waals surface area contributed by atoms with Gasteiger partial charge in [-0.3, -0.25) is 38.5 Å². The third kappa shape index (κ3) is 18.4. The molecule has 1 heterocycles. The van der Waals surface area contributed by atoms with E-state index in [0.717, 1.165) is 31.8 Å². The number of amides is 7. The van der Waals surface area contributed by atoms with Crippen LogP contribution in [0.15, 0.2) is 0 Å². The Morgan fingerprint density at radius 2 is 1.31 bits per heavy atom.